The molecule has 0 unspecified atom stereocenters. The van der Waals surface area contributed by atoms with Gasteiger partial charge in [0.15, 0.2) is 9.84 Å². The summed E-state index contributed by atoms with van der Waals surface area (Å²) in [6.45, 7) is 0.789. The second-order valence-corrected chi connectivity index (χ2v) is 9.42. The Labute approximate surface area is 194 Å². The Morgan fingerprint density at radius 3 is 2.64 bits per heavy atom. The molecule has 2 aromatic carbocycles. The van der Waals surface area contributed by atoms with E-state index in [2.05, 4.69) is 10.3 Å². The van der Waals surface area contributed by atoms with Gasteiger partial charge in [0.1, 0.15) is 17.3 Å². The van der Waals surface area contributed by atoms with Crippen LogP contribution in [0.1, 0.15) is 16.8 Å². The fourth-order valence-electron chi connectivity index (χ4n) is 3.15. The summed E-state index contributed by atoms with van der Waals surface area (Å²) in [4.78, 5) is 19.2. The van der Waals surface area contributed by atoms with Crippen molar-refractivity contribution in [1.82, 2.24) is 9.88 Å². The van der Waals surface area contributed by atoms with E-state index in [1.807, 2.05) is 24.3 Å². The zero-order valence-corrected chi connectivity index (χ0v) is 19.6. The highest BCUT2D eigenvalue weighted by Crippen LogP contribution is 2.28. The quantitative estimate of drug-likeness (QED) is 0.451. The summed E-state index contributed by atoms with van der Waals surface area (Å²) < 4.78 is 34.4. The third-order valence-electron chi connectivity index (χ3n) is 4.89. The lowest BCUT2D eigenvalue weighted by Crippen LogP contribution is -2.29. The molecule has 0 aliphatic carbocycles. The molecule has 3 rings (SSSR count). The van der Waals surface area contributed by atoms with E-state index in [4.69, 9.17) is 9.47 Å². The lowest BCUT2D eigenvalue weighted by Gasteiger charge is -2.19. The minimum Gasteiger partial charge on any atom is -0.495 e. The Bertz CT molecular complexity index is 1210. The van der Waals surface area contributed by atoms with Crippen LogP contribution in [-0.2, 0) is 9.84 Å². The highest BCUT2D eigenvalue weighted by Gasteiger charge is 2.17. The Morgan fingerprint density at radius 1 is 1.09 bits per heavy atom. The highest BCUT2D eigenvalue weighted by molar-refractivity contribution is 7.90. The van der Waals surface area contributed by atoms with E-state index in [9.17, 15) is 13.2 Å². The van der Waals surface area contributed by atoms with Crippen molar-refractivity contribution >= 4 is 27.2 Å². The molecule has 0 saturated heterocycles. The Balaban J connectivity index is 1.60. The first-order chi connectivity index (χ1) is 15.8. The van der Waals surface area contributed by atoms with E-state index in [1.165, 1.54) is 12.1 Å². The second kappa shape index (κ2) is 10.8. The maximum atomic E-state index is 13.0. The van der Waals surface area contributed by atoms with Gasteiger partial charge in [-0.3, -0.25) is 4.79 Å². The summed E-state index contributed by atoms with van der Waals surface area (Å²) in [6.07, 6.45) is 3.34. The van der Waals surface area contributed by atoms with E-state index >= 15 is 0 Å². The average Bonchev–Trinajstić information content (AvgIpc) is 2.81. The minimum absolute atomic E-state index is 0.181. The monoisotopic (exact) mass is 469 g/mol. The lowest BCUT2D eigenvalue weighted by molar-refractivity contribution is 0.0788. The number of methoxy groups -OCH3 is 1. The van der Waals surface area contributed by atoms with Crippen LogP contribution in [0.2, 0.25) is 0 Å². The summed E-state index contributed by atoms with van der Waals surface area (Å²) >= 11 is 0. The molecule has 1 heterocycles. The third kappa shape index (κ3) is 6.45. The number of nitrogens with one attached hydrogen (secondary N) is 1. The van der Waals surface area contributed by atoms with E-state index in [0.717, 1.165) is 6.26 Å². The first-order valence-corrected chi connectivity index (χ1v) is 12.2. The molecular formula is C24H27N3O5S. The van der Waals surface area contributed by atoms with E-state index in [0.29, 0.717) is 48.1 Å². The number of nitrogens with zero attached hydrogens (tertiary/aromatic N) is 2. The summed E-state index contributed by atoms with van der Waals surface area (Å²) in [7, 11) is 0.00127. The molecule has 33 heavy (non-hydrogen) atoms. The molecule has 0 radical (unpaired) electrons. The predicted molar refractivity (Wildman–Crippen MR) is 127 cm³/mol. The zero-order valence-electron chi connectivity index (χ0n) is 18.8. The molecule has 0 aliphatic rings. The number of pyridine rings is 1. The summed E-state index contributed by atoms with van der Waals surface area (Å²) in [5.41, 5.74) is 1.15. The molecule has 0 fully saturated rings. The molecular weight excluding hydrogens is 442 g/mol. The van der Waals surface area contributed by atoms with Gasteiger partial charge in [-0.15, -0.1) is 0 Å². The molecule has 8 nitrogen and oxygen atoms in total. The first-order valence-electron chi connectivity index (χ1n) is 10.3. The number of amides is 1. The number of ether oxygens (including phenoxy) is 2. The standard InChI is InChI=1S/C24H27N3O5S/c1-27(15-8-16-32-18-9-6-10-19(17-18)33(3,29)30)24(28)20-11-7-14-25-23(20)26-21-12-4-5-13-22(21)31-2/h4-7,9-14,17H,8,15-16H2,1-3H3,(H,25,26). The Hall–Kier alpha value is -3.59. The SMILES string of the molecule is COc1ccccc1Nc1ncccc1C(=O)N(C)CCCOc1cccc(S(C)(=O)=O)c1. The summed E-state index contributed by atoms with van der Waals surface area (Å²) in [6, 6.07) is 17.2. The van der Waals surface area contributed by atoms with Crippen molar-refractivity contribution in [2.45, 2.75) is 11.3 Å². The number of para-hydroxylation sites is 2. The maximum Gasteiger partial charge on any atom is 0.257 e. The average molecular weight is 470 g/mol. The Kier molecular flexibility index (Phi) is 7.89. The van der Waals surface area contributed by atoms with Crippen LogP contribution < -0.4 is 14.8 Å². The highest BCUT2D eigenvalue weighted by atomic mass is 32.2. The number of aromatic nitrogens is 1. The maximum absolute atomic E-state index is 13.0. The molecule has 0 spiro atoms. The first kappa shape index (κ1) is 24.1. The van der Waals surface area contributed by atoms with Crippen LogP contribution in [0.25, 0.3) is 0 Å². The van der Waals surface area contributed by atoms with Crippen LogP contribution in [-0.4, -0.2) is 57.8 Å². The van der Waals surface area contributed by atoms with Gasteiger partial charge in [0.25, 0.3) is 5.91 Å². The van der Waals surface area contributed by atoms with Gasteiger partial charge in [0.2, 0.25) is 0 Å². The van der Waals surface area contributed by atoms with E-state index in [-0.39, 0.29) is 10.8 Å². The zero-order chi connectivity index (χ0) is 23.8. The van der Waals surface area contributed by atoms with Gasteiger partial charge in [-0.1, -0.05) is 18.2 Å². The molecule has 0 aliphatic heterocycles. The third-order valence-corrected chi connectivity index (χ3v) is 6.00. The number of carbonyl (C=O) groups is 1. The van der Waals surface area contributed by atoms with Gasteiger partial charge in [-0.25, -0.2) is 13.4 Å². The van der Waals surface area contributed by atoms with Crippen LogP contribution in [0.15, 0.2) is 71.8 Å². The van der Waals surface area contributed by atoms with Crippen molar-refractivity contribution in [1.29, 1.82) is 0 Å². The normalized spacial score (nSPS) is 11.0. The van der Waals surface area contributed by atoms with Gasteiger partial charge in [0.05, 0.1) is 29.9 Å². The van der Waals surface area contributed by atoms with Crippen molar-refractivity contribution in [2.75, 3.05) is 38.9 Å². The smallest absolute Gasteiger partial charge is 0.257 e. The van der Waals surface area contributed by atoms with Gasteiger partial charge in [-0.2, -0.15) is 0 Å². The molecule has 0 atom stereocenters. The van der Waals surface area contributed by atoms with Crippen LogP contribution in [0.5, 0.6) is 11.5 Å². The number of benzene rings is 2. The van der Waals surface area contributed by atoms with Crippen molar-refractivity contribution < 1.29 is 22.7 Å². The number of hydrogen-bond acceptors (Lipinski definition) is 7. The van der Waals surface area contributed by atoms with Gasteiger partial charge in [0, 0.05) is 26.0 Å². The Morgan fingerprint density at radius 2 is 1.88 bits per heavy atom. The van der Waals surface area contributed by atoms with Crippen LogP contribution in [0, 0.1) is 0 Å². The number of rotatable bonds is 10. The molecule has 174 valence electrons. The molecule has 1 N–H and O–H groups in total. The second-order valence-electron chi connectivity index (χ2n) is 7.40. The fraction of sp³-hybridized carbons (Fsp3) is 0.250. The van der Waals surface area contributed by atoms with Crippen molar-refractivity contribution in [3.05, 3.63) is 72.4 Å². The van der Waals surface area contributed by atoms with Crippen LogP contribution in [0.4, 0.5) is 11.5 Å². The van der Waals surface area contributed by atoms with E-state index < -0.39 is 9.84 Å². The predicted octanol–water partition coefficient (Wildman–Crippen LogP) is 3.78. The molecule has 9 heteroatoms. The minimum atomic E-state index is -3.30. The summed E-state index contributed by atoms with van der Waals surface area (Å²) in [5.74, 6) is 1.38. The molecule has 0 saturated carbocycles. The molecule has 0 bridgehead atoms. The van der Waals surface area contributed by atoms with Gasteiger partial charge < -0.3 is 19.7 Å². The number of anilines is 2. The van der Waals surface area contributed by atoms with Crippen molar-refractivity contribution in [2.24, 2.45) is 0 Å². The summed E-state index contributed by atoms with van der Waals surface area (Å²) in [5, 5.41) is 3.18. The molecule has 1 aromatic heterocycles. The topological polar surface area (TPSA) is 97.8 Å². The fourth-order valence-corrected chi connectivity index (χ4v) is 3.80. The number of carbonyl (C=O) groups excluding carboxylic acids is 1. The molecule has 1 amide bonds. The number of sulfone groups is 1. The van der Waals surface area contributed by atoms with Gasteiger partial charge in [-0.05, 0) is 48.9 Å². The van der Waals surface area contributed by atoms with E-state index in [1.54, 1.807) is 49.5 Å². The van der Waals surface area contributed by atoms with Crippen molar-refractivity contribution in [3.8, 4) is 11.5 Å². The number of hydrogen-bond donors (Lipinski definition) is 1. The van der Waals surface area contributed by atoms with Crippen LogP contribution >= 0.6 is 0 Å². The lowest BCUT2D eigenvalue weighted by atomic mass is 10.2. The largest absolute Gasteiger partial charge is 0.495 e. The van der Waals surface area contributed by atoms with Crippen LogP contribution in [0.3, 0.4) is 0 Å². The van der Waals surface area contributed by atoms with Crippen molar-refractivity contribution in [3.63, 3.8) is 0 Å². The van der Waals surface area contributed by atoms with Gasteiger partial charge >= 0.3 is 0 Å². The molecule has 3 aromatic rings.